The van der Waals surface area contributed by atoms with E-state index in [4.69, 9.17) is 4.74 Å². The van der Waals surface area contributed by atoms with Crippen LogP contribution in [-0.2, 0) is 16.0 Å². The number of thiophene rings is 1. The molecule has 23 heavy (non-hydrogen) atoms. The third-order valence-corrected chi connectivity index (χ3v) is 5.21. The molecule has 0 radical (unpaired) electrons. The van der Waals surface area contributed by atoms with E-state index >= 15 is 0 Å². The highest BCUT2D eigenvalue weighted by atomic mass is 32.1. The van der Waals surface area contributed by atoms with Crippen molar-refractivity contribution in [2.24, 2.45) is 0 Å². The van der Waals surface area contributed by atoms with Crippen LogP contribution in [0.5, 0.6) is 0 Å². The minimum atomic E-state index is -0.112. The van der Waals surface area contributed by atoms with Crippen LogP contribution in [0.4, 0.5) is 0 Å². The Morgan fingerprint density at radius 1 is 1.35 bits per heavy atom. The molecule has 0 spiro atoms. The molecule has 0 bridgehead atoms. The highest BCUT2D eigenvalue weighted by molar-refractivity contribution is 7.09. The van der Waals surface area contributed by atoms with E-state index < -0.39 is 0 Å². The van der Waals surface area contributed by atoms with Crippen LogP contribution >= 0.6 is 11.3 Å². The molecule has 0 saturated carbocycles. The van der Waals surface area contributed by atoms with Crippen LogP contribution in [0.1, 0.15) is 28.8 Å². The van der Waals surface area contributed by atoms with Crippen molar-refractivity contribution < 1.29 is 9.53 Å². The molecule has 3 nitrogen and oxygen atoms in total. The average Bonchev–Trinajstić information content (AvgIpc) is 3.06. The monoisotopic (exact) mass is 329 g/mol. The van der Waals surface area contributed by atoms with E-state index in [0.29, 0.717) is 19.7 Å². The Kier molecular flexibility index (Phi) is 5.13. The second-order valence-corrected chi connectivity index (χ2v) is 7.24. The molecule has 0 aliphatic carbocycles. The first-order valence-corrected chi connectivity index (χ1v) is 9.01. The Labute approximate surface area is 141 Å². The van der Waals surface area contributed by atoms with Gasteiger partial charge < -0.3 is 9.64 Å². The van der Waals surface area contributed by atoms with Gasteiger partial charge in [-0.3, -0.25) is 4.79 Å². The average molecular weight is 329 g/mol. The van der Waals surface area contributed by atoms with Gasteiger partial charge in [0, 0.05) is 18.0 Å². The van der Waals surface area contributed by atoms with Gasteiger partial charge in [-0.05, 0) is 37.3 Å². The highest BCUT2D eigenvalue weighted by Gasteiger charge is 2.29. The second kappa shape index (κ2) is 7.28. The van der Waals surface area contributed by atoms with Crippen molar-refractivity contribution >= 4 is 17.2 Å². The van der Waals surface area contributed by atoms with E-state index in [1.807, 2.05) is 17.9 Å². The van der Waals surface area contributed by atoms with E-state index in [1.54, 1.807) is 11.3 Å². The molecule has 2 unspecified atom stereocenters. The number of amides is 1. The summed E-state index contributed by atoms with van der Waals surface area (Å²) in [7, 11) is 0. The standard InChI is InChI=1S/C19H23NO2S/c1-14-5-7-16(8-6-14)18(12-17-4-3-11-23-17)19(21)20-9-10-22-15(2)13-20/h3-8,11,15,18H,9-10,12-13H2,1-2H3. The predicted molar refractivity (Wildman–Crippen MR) is 93.9 cm³/mol. The van der Waals surface area contributed by atoms with Gasteiger partial charge in [0.25, 0.3) is 0 Å². The summed E-state index contributed by atoms with van der Waals surface area (Å²) in [6.07, 6.45) is 0.888. The molecule has 0 N–H and O–H groups in total. The molecule has 2 heterocycles. The molecule has 1 fully saturated rings. The minimum absolute atomic E-state index is 0.112. The number of morpholine rings is 1. The third kappa shape index (κ3) is 4.01. The summed E-state index contributed by atoms with van der Waals surface area (Å²) in [5.74, 6) is 0.108. The molecular formula is C19H23NO2S. The van der Waals surface area contributed by atoms with E-state index in [-0.39, 0.29) is 17.9 Å². The molecule has 1 aromatic carbocycles. The fourth-order valence-corrected chi connectivity index (χ4v) is 3.77. The molecule has 122 valence electrons. The van der Waals surface area contributed by atoms with Gasteiger partial charge in [-0.1, -0.05) is 35.9 Å². The fourth-order valence-electron chi connectivity index (χ4n) is 3.02. The van der Waals surface area contributed by atoms with E-state index in [0.717, 1.165) is 12.0 Å². The number of ether oxygens (including phenoxy) is 1. The Morgan fingerprint density at radius 3 is 2.78 bits per heavy atom. The molecule has 1 saturated heterocycles. The Balaban J connectivity index is 1.84. The van der Waals surface area contributed by atoms with Crippen molar-refractivity contribution in [3.8, 4) is 0 Å². The van der Waals surface area contributed by atoms with Gasteiger partial charge in [-0.25, -0.2) is 0 Å². The topological polar surface area (TPSA) is 29.5 Å². The fraction of sp³-hybridized carbons (Fsp3) is 0.421. The lowest BCUT2D eigenvalue weighted by Gasteiger charge is -2.34. The smallest absolute Gasteiger partial charge is 0.230 e. The first kappa shape index (κ1) is 16.2. The SMILES string of the molecule is Cc1ccc(C(Cc2cccs2)C(=O)N2CCOC(C)C2)cc1. The first-order chi connectivity index (χ1) is 11.1. The van der Waals surface area contributed by atoms with E-state index in [1.165, 1.54) is 10.4 Å². The van der Waals surface area contributed by atoms with Crippen LogP contribution in [0.3, 0.4) is 0 Å². The van der Waals surface area contributed by atoms with Gasteiger partial charge in [0.15, 0.2) is 0 Å². The largest absolute Gasteiger partial charge is 0.375 e. The number of benzene rings is 1. The van der Waals surface area contributed by atoms with Crippen LogP contribution in [0, 0.1) is 6.92 Å². The van der Waals surface area contributed by atoms with E-state index in [9.17, 15) is 4.79 Å². The summed E-state index contributed by atoms with van der Waals surface area (Å²) < 4.78 is 5.57. The summed E-state index contributed by atoms with van der Waals surface area (Å²) >= 11 is 1.72. The lowest BCUT2D eigenvalue weighted by molar-refractivity contribution is -0.139. The van der Waals surface area contributed by atoms with Gasteiger partial charge in [-0.15, -0.1) is 11.3 Å². The summed E-state index contributed by atoms with van der Waals surface area (Å²) in [5, 5.41) is 2.07. The molecule has 1 aliphatic rings. The van der Waals surface area contributed by atoms with Crippen LogP contribution < -0.4 is 0 Å². The predicted octanol–water partition coefficient (Wildman–Crippen LogP) is 3.63. The first-order valence-electron chi connectivity index (χ1n) is 8.13. The number of rotatable bonds is 4. The lowest BCUT2D eigenvalue weighted by atomic mass is 9.92. The van der Waals surface area contributed by atoms with Crippen molar-refractivity contribution in [3.63, 3.8) is 0 Å². The summed E-state index contributed by atoms with van der Waals surface area (Å²) in [5.41, 5.74) is 2.32. The van der Waals surface area contributed by atoms with Crippen molar-refractivity contribution in [1.82, 2.24) is 4.90 Å². The summed E-state index contributed by atoms with van der Waals surface area (Å²) in [6.45, 7) is 6.11. The third-order valence-electron chi connectivity index (χ3n) is 4.32. The molecule has 2 atom stereocenters. The highest BCUT2D eigenvalue weighted by Crippen LogP contribution is 2.26. The molecular weight excluding hydrogens is 306 g/mol. The van der Waals surface area contributed by atoms with Gasteiger partial charge in [0.2, 0.25) is 5.91 Å². The van der Waals surface area contributed by atoms with Crippen molar-refractivity contribution in [1.29, 1.82) is 0 Å². The van der Waals surface area contributed by atoms with Crippen molar-refractivity contribution in [2.45, 2.75) is 32.3 Å². The molecule has 1 amide bonds. The maximum absolute atomic E-state index is 13.1. The molecule has 1 aromatic heterocycles. The normalized spacial score (nSPS) is 19.6. The molecule has 1 aliphatic heterocycles. The van der Waals surface area contributed by atoms with Gasteiger partial charge in [-0.2, -0.15) is 0 Å². The molecule has 2 aromatic rings. The second-order valence-electron chi connectivity index (χ2n) is 6.21. The van der Waals surface area contributed by atoms with Gasteiger partial charge in [0.1, 0.15) is 0 Å². The summed E-state index contributed by atoms with van der Waals surface area (Å²) in [4.78, 5) is 16.3. The van der Waals surface area contributed by atoms with Crippen LogP contribution in [0.25, 0.3) is 0 Å². The Morgan fingerprint density at radius 2 is 2.13 bits per heavy atom. The van der Waals surface area contributed by atoms with Crippen molar-refractivity contribution in [2.75, 3.05) is 19.7 Å². The molecule has 3 rings (SSSR count). The van der Waals surface area contributed by atoms with Crippen molar-refractivity contribution in [3.05, 3.63) is 57.8 Å². The quantitative estimate of drug-likeness (QED) is 0.857. The van der Waals surface area contributed by atoms with Gasteiger partial charge >= 0.3 is 0 Å². The van der Waals surface area contributed by atoms with E-state index in [2.05, 4.69) is 42.6 Å². The summed E-state index contributed by atoms with van der Waals surface area (Å²) in [6, 6.07) is 12.5. The Hall–Kier alpha value is -1.65. The number of hydrogen-bond acceptors (Lipinski definition) is 3. The number of aryl methyl sites for hydroxylation is 1. The minimum Gasteiger partial charge on any atom is -0.375 e. The number of carbonyl (C=O) groups is 1. The number of carbonyl (C=O) groups excluding carboxylic acids is 1. The zero-order chi connectivity index (χ0) is 16.2. The van der Waals surface area contributed by atoms with Crippen LogP contribution in [0.15, 0.2) is 41.8 Å². The zero-order valence-electron chi connectivity index (χ0n) is 13.7. The maximum Gasteiger partial charge on any atom is 0.230 e. The zero-order valence-corrected chi connectivity index (χ0v) is 14.5. The van der Waals surface area contributed by atoms with Gasteiger partial charge in [0.05, 0.1) is 18.6 Å². The van der Waals surface area contributed by atoms with Crippen LogP contribution in [-0.4, -0.2) is 36.6 Å². The number of hydrogen-bond donors (Lipinski definition) is 0. The Bertz CT molecular complexity index is 636. The maximum atomic E-state index is 13.1. The lowest BCUT2D eigenvalue weighted by Crippen LogP contribution is -2.46. The van der Waals surface area contributed by atoms with Crippen LogP contribution in [0.2, 0.25) is 0 Å². The molecule has 4 heteroatoms. The number of nitrogens with zero attached hydrogens (tertiary/aromatic N) is 1.